The Morgan fingerprint density at radius 3 is 1.43 bits per heavy atom. The number of amidine groups is 1. The Hall–Kier alpha value is -0.570. The highest BCUT2D eigenvalue weighted by Gasteiger charge is 2.05. The Labute approximate surface area is 132 Å². The van der Waals surface area contributed by atoms with E-state index in [2.05, 4.69) is 6.92 Å². The minimum absolute atomic E-state index is 0.0929. The van der Waals surface area contributed by atoms with Gasteiger partial charge >= 0.3 is 0 Å². The summed E-state index contributed by atoms with van der Waals surface area (Å²) < 4.78 is 0. The monoisotopic (exact) mass is 298 g/mol. The van der Waals surface area contributed by atoms with Gasteiger partial charge in [0.1, 0.15) is 11.9 Å². The number of hydrogen-bond donors (Lipinski definition) is 3. The summed E-state index contributed by atoms with van der Waals surface area (Å²) in [6, 6.07) is 0. The van der Waals surface area contributed by atoms with Gasteiger partial charge in [-0.25, -0.2) is 0 Å². The number of nitrogens with one attached hydrogen (secondary N) is 1. The van der Waals surface area contributed by atoms with Crippen LogP contribution in [0.3, 0.4) is 0 Å². The van der Waals surface area contributed by atoms with Crippen LogP contribution >= 0.6 is 0 Å². The van der Waals surface area contributed by atoms with Gasteiger partial charge in [-0.05, 0) is 6.42 Å². The molecule has 0 bridgehead atoms. The van der Waals surface area contributed by atoms with Crippen LogP contribution in [0.15, 0.2) is 0 Å². The fraction of sp³-hybridized carbons (Fsp3) is 0.944. The molecule has 0 amide bonds. The standard InChI is InChI=1S/C18H38N2O/c1-2-3-4-5-6-7-8-9-10-11-12-13-14-15-16-17(21)18(19)20/h17,21H,2-16H2,1H3,(H3,19,20). The lowest BCUT2D eigenvalue weighted by molar-refractivity contribution is 0.223. The number of hydrogen-bond acceptors (Lipinski definition) is 2. The van der Waals surface area contributed by atoms with Crippen LogP contribution in [-0.2, 0) is 0 Å². The quantitative estimate of drug-likeness (QED) is 0.209. The number of aliphatic hydroxyl groups excluding tert-OH is 1. The van der Waals surface area contributed by atoms with Crippen LogP contribution < -0.4 is 5.73 Å². The van der Waals surface area contributed by atoms with Crippen molar-refractivity contribution < 1.29 is 5.11 Å². The second-order valence-corrected chi connectivity index (χ2v) is 6.36. The second kappa shape index (κ2) is 15.8. The molecule has 0 fully saturated rings. The first-order chi connectivity index (χ1) is 10.2. The molecule has 126 valence electrons. The lowest BCUT2D eigenvalue weighted by Gasteiger charge is -2.07. The summed E-state index contributed by atoms with van der Waals surface area (Å²) in [6.45, 7) is 2.27. The number of unbranched alkanes of at least 4 members (excludes halogenated alkanes) is 13. The molecular formula is C18H38N2O. The Kier molecular flexibility index (Phi) is 15.4. The molecule has 0 saturated carbocycles. The average molecular weight is 299 g/mol. The SMILES string of the molecule is CCCCCCCCCCCCCCCCC(O)C(=N)N. The molecule has 0 spiro atoms. The van der Waals surface area contributed by atoms with Gasteiger partial charge in [0.2, 0.25) is 0 Å². The lowest BCUT2D eigenvalue weighted by Crippen LogP contribution is -2.27. The largest absolute Gasteiger partial charge is 0.385 e. The molecule has 1 atom stereocenters. The first-order valence-corrected chi connectivity index (χ1v) is 9.20. The summed E-state index contributed by atoms with van der Waals surface area (Å²) >= 11 is 0. The fourth-order valence-corrected chi connectivity index (χ4v) is 2.69. The molecular weight excluding hydrogens is 260 g/mol. The van der Waals surface area contributed by atoms with E-state index >= 15 is 0 Å². The van der Waals surface area contributed by atoms with Crippen LogP contribution in [0.4, 0.5) is 0 Å². The predicted molar refractivity (Wildman–Crippen MR) is 92.8 cm³/mol. The first-order valence-electron chi connectivity index (χ1n) is 9.20. The molecule has 0 heterocycles. The average Bonchev–Trinajstić information content (AvgIpc) is 2.47. The number of aliphatic hydroxyl groups is 1. The van der Waals surface area contributed by atoms with Gasteiger partial charge in [-0.15, -0.1) is 0 Å². The van der Waals surface area contributed by atoms with E-state index in [1.165, 1.54) is 77.0 Å². The first kappa shape index (κ1) is 20.4. The van der Waals surface area contributed by atoms with Crippen molar-refractivity contribution in [1.82, 2.24) is 0 Å². The van der Waals surface area contributed by atoms with Gasteiger partial charge in [0.05, 0.1) is 0 Å². The van der Waals surface area contributed by atoms with E-state index < -0.39 is 6.10 Å². The predicted octanol–water partition coefficient (Wildman–Crippen LogP) is 5.15. The van der Waals surface area contributed by atoms with Crippen LogP contribution in [-0.4, -0.2) is 17.0 Å². The van der Waals surface area contributed by atoms with Gasteiger partial charge < -0.3 is 10.8 Å². The molecule has 0 aromatic carbocycles. The molecule has 0 aliphatic heterocycles. The Morgan fingerprint density at radius 1 is 0.762 bits per heavy atom. The molecule has 0 aliphatic rings. The molecule has 3 heteroatoms. The van der Waals surface area contributed by atoms with Crippen LogP contribution in [0, 0.1) is 5.41 Å². The Bertz CT molecular complexity index is 231. The van der Waals surface area contributed by atoms with Crippen molar-refractivity contribution in [2.75, 3.05) is 0 Å². The van der Waals surface area contributed by atoms with E-state index in [0.29, 0.717) is 6.42 Å². The molecule has 0 rings (SSSR count). The van der Waals surface area contributed by atoms with Crippen LogP contribution in [0.1, 0.15) is 103 Å². The zero-order valence-corrected chi connectivity index (χ0v) is 14.2. The van der Waals surface area contributed by atoms with Crippen molar-refractivity contribution in [2.24, 2.45) is 5.73 Å². The van der Waals surface area contributed by atoms with Crippen molar-refractivity contribution in [2.45, 2.75) is 109 Å². The van der Waals surface area contributed by atoms with E-state index in [1.54, 1.807) is 0 Å². The van der Waals surface area contributed by atoms with Crippen molar-refractivity contribution >= 4 is 5.84 Å². The highest BCUT2D eigenvalue weighted by Crippen LogP contribution is 2.13. The van der Waals surface area contributed by atoms with Gasteiger partial charge in [-0.2, -0.15) is 0 Å². The second-order valence-electron chi connectivity index (χ2n) is 6.36. The van der Waals surface area contributed by atoms with Crippen LogP contribution in [0.25, 0.3) is 0 Å². The van der Waals surface area contributed by atoms with E-state index in [-0.39, 0.29) is 5.84 Å². The van der Waals surface area contributed by atoms with Gasteiger partial charge in [0.25, 0.3) is 0 Å². The molecule has 0 radical (unpaired) electrons. The van der Waals surface area contributed by atoms with Crippen molar-refractivity contribution in [3.05, 3.63) is 0 Å². The van der Waals surface area contributed by atoms with Gasteiger partial charge in [-0.1, -0.05) is 96.8 Å². The molecule has 4 N–H and O–H groups in total. The molecule has 0 saturated heterocycles. The third kappa shape index (κ3) is 15.6. The Balaban J connectivity index is 3.04. The maximum absolute atomic E-state index is 9.37. The van der Waals surface area contributed by atoms with Crippen LogP contribution in [0.2, 0.25) is 0 Å². The third-order valence-electron chi connectivity index (χ3n) is 4.19. The number of nitrogens with two attached hydrogens (primary N) is 1. The zero-order chi connectivity index (χ0) is 15.8. The van der Waals surface area contributed by atoms with Gasteiger partial charge in [0, 0.05) is 0 Å². The summed E-state index contributed by atoms with van der Waals surface area (Å²) in [5.41, 5.74) is 5.22. The summed E-state index contributed by atoms with van der Waals surface area (Å²) in [7, 11) is 0. The fourth-order valence-electron chi connectivity index (χ4n) is 2.69. The summed E-state index contributed by atoms with van der Waals surface area (Å²) in [6.07, 6.45) is 18.6. The summed E-state index contributed by atoms with van der Waals surface area (Å²) in [4.78, 5) is 0. The maximum atomic E-state index is 9.37. The van der Waals surface area contributed by atoms with Crippen LogP contribution in [0.5, 0.6) is 0 Å². The van der Waals surface area contributed by atoms with E-state index in [4.69, 9.17) is 11.1 Å². The molecule has 21 heavy (non-hydrogen) atoms. The molecule has 0 aromatic rings. The minimum Gasteiger partial charge on any atom is -0.385 e. The zero-order valence-electron chi connectivity index (χ0n) is 14.2. The minimum atomic E-state index is -0.720. The smallest absolute Gasteiger partial charge is 0.120 e. The highest BCUT2D eigenvalue weighted by molar-refractivity contribution is 5.81. The summed E-state index contributed by atoms with van der Waals surface area (Å²) in [5, 5.41) is 16.5. The number of rotatable bonds is 16. The van der Waals surface area contributed by atoms with Crippen molar-refractivity contribution in [1.29, 1.82) is 5.41 Å². The third-order valence-corrected chi connectivity index (χ3v) is 4.19. The normalized spacial score (nSPS) is 12.5. The lowest BCUT2D eigenvalue weighted by atomic mass is 10.0. The molecule has 0 aromatic heterocycles. The van der Waals surface area contributed by atoms with Gasteiger partial charge in [-0.3, -0.25) is 5.41 Å². The van der Waals surface area contributed by atoms with Gasteiger partial charge in [0.15, 0.2) is 0 Å². The topological polar surface area (TPSA) is 70.1 Å². The van der Waals surface area contributed by atoms with Crippen molar-refractivity contribution in [3.63, 3.8) is 0 Å². The van der Waals surface area contributed by atoms with E-state index in [0.717, 1.165) is 12.8 Å². The molecule has 3 nitrogen and oxygen atoms in total. The van der Waals surface area contributed by atoms with E-state index in [9.17, 15) is 5.11 Å². The van der Waals surface area contributed by atoms with E-state index in [1.807, 2.05) is 0 Å². The Morgan fingerprint density at radius 2 is 1.10 bits per heavy atom. The molecule has 0 aliphatic carbocycles. The molecule has 1 unspecified atom stereocenters. The van der Waals surface area contributed by atoms with Crippen molar-refractivity contribution in [3.8, 4) is 0 Å². The maximum Gasteiger partial charge on any atom is 0.120 e. The summed E-state index contributed by atoms with van der Waals surface area (Å²) in [5.74, 6) is -0.0929. The highest BCUT2D eigenvalue weighted by atomic mass is 16.3.